The molecule has 0 saturated heterocycles. The van der Waals surface area contributed by atoms with Gasteiger partial charge in [0.15, 0.2) is 0 Å². The Morgan fingerprint density at radius 3 is 2.71 bits per heavy atom. The van der Waals surface area contributed by atoms with E-state index >= 15 is 0 Å². The molecule has 1 aromatic carbocycles. The van der Waals surface area contributed by atoms with E-state index in [9.17, 15) is 9.90 Å². The molecule has 6 heteroatoms. The van der Waals surface area contributed by atoms with Crippen LogP contribution in [-0.2, 0) is 6.42 Å². The van der Waals surface area contributed by atoms with E-state index in [1.54, 1.807) is 30.0 Å². The lowest BCUT2D eigenvalue weighted by Gasteiger charge is -2.24. The number of carbonyl (C=O) groups is 1. The first kappa shape index (κ1) is 15.9. The van der Waals surface area contributed by atoms with Gasteiger partial charge in [0.05, 0.1) is 23.2 Å². The van der Waals surface area contributed by atoms with Crippen molar-refractivity contribution in [2.45, 2.75) is 31.6 Å². The normalized spacial score (nSPS) is 14.3. The zero-order chi connectivity index (χ0) is 15.6. The fourth-order valence-corrected chi connectivity index (χ4v) is 3.24. The molecule has 114 valence electrons. The molecule has 2 atom stereocenters. The quantitative estimate of drug-likeness (QED) is 0.858. The van der Waals surface area contributed by atoms with Crippen LogP contribution in [0.15, 0.2) is 18.2 Å². The Balaban J connectivity index is 2.58. The first-order valence-corrected chi connectivity index (χ1v) is 8.20. The number of imidazole rings is 1. The Morgan fingerprint density at radius 1 is 1.48 bits per heavy atom. The summed E-state index contributed by atoms with van der Waals surface area (Å²) in [5.74, 6) is -0.0394. The highest BCUT2D eigenvalue weighted by Gasteiger charge is 2.22. The summed E-state index contributed by atoms with van der Waals surface area (Å²) in [4.78, 5) is 15.6. The Labute approximate surface area is 128 Å². The number of aromatic nitrogens is 2. The molecule has 0 aliphatic carbocycles. The van der Waals surface area contributed by atoms with Gasteiger partial charge in [-0.1, -0.05) is 6.92 Å². The van der Waals surface area contributed by atoms with Crippen LogP contribution in [0.25, 0.3) is 11.0 Å². The minimum Gasteiger partial charge on any atom is -0.478 e. The molecular weight excluding hydrogens is 288 g/mol. The molecule has 21 heavy (non-hydrogen) atoms. The van der Waals surface area contributed by atoms with Crippen molar-refractivity contribution < 1.29 is 15.0 Å². The summed E-state index contributed by atoms with van der Waals surface area (Å²) in [5, 5.41) is 18.7. The molecule has 0 bridgehead atoms. The molecule has 2 rings (SSSR count). The van der Waals surface area contributed by atoms with Gasteiger partial charge in [-0.15, -0.1) is 0 Å². The maximum atomic E-state index is 11.1. The topological polar surface area (TPSA) is 75.3 Å². The van der Waals surface area contributed by atoms with Crippen LogP contribution in [-0.4, -0.2) is 43.8 Å². The summed E-state index contributed by atoms with van der Waals surface area (Å²) in [6, 6.07) is 5.09. The smallest absolute Gasteiger partial charge is 0.335 e. The third-order valence-electron chi connectivity index (χ3n) is 3.75. The van der Waals surface area contributed by atoms with Crippen LogP contribution in [0.5, 0.6) is 0 Å². The van der Waals surface area contributed by atoms with Gasteiger partial charge < -0.3 is 14.8 Å². The van der Waals surface area contributed by atoms with Gasteiger partial charge in [0.2, 0.25) is 0 Å². The monoisotopic (exact) mass is 308 g/mol. The maximum absolute atomic E-state index is 11.1. The highest BCUT2D eigenvalue weighted by Crippen LogP contribution is 2.28. The molecule has 2 N–H and O–H groups in total. The number of hydrogen-bond donors (Lipinski definition) is 2. The maximum Gasteiger partial charge on any atom is 0.335 e. The number of hydrogen-bond acceptors (Lipinski definition) is 4. The first-order valence-electron chi connectivity index (χ1n) is 6.91. The van der Waals surface area contributed by atoms with Crippen LogP contribution in [0.2, 0.25) is 0 Å². The van der Waals surface area contributed by atoms with Crippen molar-refractivity contribution >= 4 is 28.8 Å². The minimum absolute atomic E-state index is 0.0758. The van der Waals surface area contributed by atoms with E-state index in [0.29, 0.717) is 5.52 Å². The summed E-state index contributed by atoms with van der Waals surface area (Å²) >= 11 is 1.62. The largest absolute Gasteiger partial charge is 0.478 e. The highest BCUT2D eigenvalue weighted by atomic mass is 32.2. The van der Waals surface area contributed by atoms with Gasteiger partial charge in [0, 0.05) is 17.7 Å². The lowest BCUT2D eigenvalue weighted by atomic mass is 10.1. The predicted molar refractivity (Wildman–Crippen MR) is 85.2 cm³/mol. The zero-order valence-electron chi connectivity index (χ0n) is 12.4. The fourth-order valence-electron chi connectivity index (χ4n) is 2.58. The minimum atomic E-state index is -0.949. The van der Waals surface area contributed by atoms with Gasteiger partial charge in [-0.25, -0.2) is 9.78 Å². The second-order valence-corrected chi connectivity index (χ2v) is 6.03. The lowest BCUT2D eigenvalue weighted by molar-refractivity contribution is 0.0697. The van der Waals surface area contributed by atoms with Gasteiger partial charge >= 0.3 is 5.97 Å². The van der Waals surface area contributed by atoms with E-state index in [2.05, 4.69) is 16.5 Å². The van der Waals surface area contributed by atoms with Crippen molar-refractivity contribution in [1.29, 1.82) is 0 Å². The van der Waals surface area contributed by atoms with Gasteiger partial charge in [0.1, 0.15) is 5.82 Å². The third-order valence-corrected chi connectivity index (χ3v) is 4.90. The lowest BCUT2D eigenvalue weighted by Crippen LogP contribution is -2.23. The number of rotatable bonds is 6. The number of aliphatic hydroxyl groups excluding tert-OH is 1. The van der Waals surface area contributed by atoms with Crippen molar-refractivity contribution in [3.8, 4) is 0 Å². The van der Waals surface area contributed by atoms with E-state index in [0.717, 1.165) is 17.8 Å². The van der Waals surface area contributed by atoms with E-state index in [1.807, 2.05) is 13.2 Å². The van der Waals surface area contributed by atoms with Crippen LogP contribution in [0.1, 0.15) is 36.1 Å². The number of benzene rings is 1. The number of aromatic carboxylic acids is 1. The number of fused-ring (bicyclic) bond motifs is 1. The van der Waals surface area contributed by atoms with E-state index in [1.165, 1.54) is 0 Å². The second-order valence-electron chi connectivity index (χ2n) is 4.96. The van der Waals surface area contributed by atoms with Crippen molar-refractivity contribution in [2.24, 2.45) is 0 Å². The van der Waals surface area contributed by atoms with Crippen LogP contribution in [0.4, 0.5) is 0 Å². The molecule has 1 aromatic heterocycles. The van der Waals surface area contributed by atoms with Crippen molar-refractivity contribution in [2.75, 3.05) is 12.9 Å². The molecular formula is C15H20N2O3S. The first-order chi connectivity index (χ1) is 10.0. The molecule has 2 unspecified atom stereocenters. The molecule has 0 saturated carbocycles. The summed E-state index contributed by atoms with van der Waals surface area (Å²) in [7, 11) is 0. The molecule has 0 aliphatic rings. The Hall–Kier alpha value is -1.53. The van der Waals surface area contributed by atoms with E-state index in [-0.39, 0.29) is 23.5 Å². The van der Waals surface area contributed by atoms with Crippen molar-refractivity contribution in [3.63, 3.8) is 0 Å². The Morgan fingerprint density at radius 2 is 2.19 bits per heavy atom. The highest BCUT2D eigenvalue weighted by molar-refractivity contribution is 7.99. The molecule has 1 heterocycles. The zero-order valence-corrected chi connectivity index (χ0v) is 13.2. The van der Waals surface area contributed by atoms with Crippen LogP contribution >= 0.6 is 11.8 Å². The van der Waals surface area contributed by atoms with Crippen LogP contribution < -0.4 is 0 Å². The van der Waals surface area contributed by atoms with Crippen LogP contribution in [0, 0.1) is 0 Å². The summed E-state index contributed by atoms with van der Waals surface area (Å²) in [6.07, 6.45) is 2.73. The summed E-state index contributed by atoms with van der Waals surface area (Å²) < 4.78 is 2.11. The van der Waals surface area contributed by atoms with Crippen molar-refractivity contribution in [3.05, 3.63) is 29.6 Å². The van der Waals surface area contributed by atoms with Gasteiger partial charge in [-0.3, -0.25) is 0 Å². The summed E-state index contributed by atoms with van der Waals surface area (Å²) in [5.41, 5.74) is 1.85. The number of carboxylic acids is 1. The summed E-state index contributed by atoms with van der Waals surface area (Å²) in [6.45, 7) is 4.18. The van der Waals surface area contributed by atoms with E-state index < -0.39 is 5.97 Å². The van der Waals surface area contributed by atoms with Gasteiger partial charge in [-0.2, -0.15) is 11.8 Å². The molecule has 0 spiro atoms. The van der Waals surface area contributed by atoms with Crippen LogP contribution in [0.3, 0.4) is 0 Å². The Kier molecular flexibility index (Phi) is 4.90. The average molecular weight is 308 g/mol. The number of nitrogens with zero attached hydrogens (tertiary/aromatic N) is 2. The SMILES string of the molecule is CCc1nc2cc(C(=O)O)ccc2n1C(C)C(CO)SC. The van der Waals surface area contributed by atoms with Crippen molar-refractivity contribution in [1.82, 2.24) is 9.55 Å². The molecule has 5 nitrogen and oxygen atoms in total. The number of aryl methyl sites for hydroxylation is 1. The standard InChI is InChI=1S/C15H20N2O3S/c1-4-14-16-11-7-10(15(19)20)5-6-12(11)17(14)9(2)13(8-18)21-3/h5-7,9,13,18H,4,8H2,1-3H3,(H,19,20). The van der Waals surface area contributed by atoms with E-state index in [4.69, 9.17) is 5.11 Å². The molecule has 0 radical (unpaired) electrons. The number of carboxylic acid groups (broad SMARTS) is 1. The average Bonchev–Trinajstić information content (AvgIpc) is 2.85. The second kappa shape index (κ2) is 6.49. The molecule has 2 aromatic rings. The third kappa shape index (κ3) is 2.91. The number of thioether (sulfide) groups is 1. The Bertz CT molecular complexity index is 650. The molecule has 0 aliphatic heterocycles. The molecule has 0 amide bonds. The van der Waals surface area contributed by atoms with Gasteiger partial charge in [0.25, 0.3) is 0 Å². The fraction of sp³-hybridized carbons (Fsp3) is 0.467. The van der Waals surface area contributed by atoms with Gasteiger partial charge in [-0.05, 0) is 31.4 Å². The number of aliphatic hydroxyl groups is 1. The molecule has 0 fully saturated rings. The predicted octanol–water partition coefficient (Wildman–Crippen LogP) is 2.58.